The van der Waals surface area contributed by atoms with Crippen LogP contribution in [0.2, 0.25) is 0 Å². The van der Waals surface area contributed by atoms with Crippen molar-refractivity contribution in [3.05, 3.63) is 83.9 Å². The third kappa shape index (κ3) is 4.54. The molecule has 1 amide bonds. The highest BCUT2D eigenvalue weighted by molar-refractivity contribution is 5.99. The van der Waals surface area contributed by atoms with Crippen molar-refractivity contribution in [3.8, 4) is 11.5 Å². The minimum absolute atomic E-state index is 0.0498. The van der Waals surface area contributed by atoms with Crippen LogP contribution in [0.4, 0.5) is 0 Å². The zero-order chi connectivity index (χ0) is 20.9. The second-order valence-electron chi connectivity index (χ2n) is 7.44. The van der Waals surface area contributed by atoms with Crippen LogP contribution in [0.5, 0.6) is 11.5 Å². The standard InChI is InChI=1S/C24H23N3O3/c1-17-14-26-22(15-25-17)24(29)27-13-5-6-19(16-27)23(28)18-9-11-21(12-10-18)30-20-7-3-2-4-8-20/h2-4,7-12,14-15,19H,5-6,13,16H2,1H3. The number of carbonyl (C=O) groups is 2. The highest BCUT2D eigenvalue weighted by Crippen LogP contribution is 2.25. The number of ether oxygens (including phenoxy) is 1. The van der Waals surface area contributed by atoms with E-state index >= 15 is 0 Å². The average Bonchev–Trinajstić information content (AvgIpc) is 2.80. The summed E-state index contributed by atoms with van der Waals surface area (Å²) in [5, 5.41) is 0. The van der Waals surface area contributed by atoms with E-state index in [4.69, 9.17) is 4.74 Å². The second-order valence-corrected chi connectivity index (χ2v) is 7.44. The number of rotatable bonds is 5. The predicted molar refractivity (Wildman–Crippen MR) is 113 cm³/mol. The van der Waals surface area contributed by atoms with Gasteiger partial charge in [-0.15, -0.1) is 0 Å². The monoisotopic (exact) mass is 401 g/mol. The molecule has 0 saturated carbocycles. The van der Waals surface area contributed by atoms with E-state index < -0.39 is 0 Å². The summed E-state index contributed by atoms with van der Waals surface area (Å²) in [6.07, 6.45) is 4.63. The molecule has 0 aliphatic carbocycles. The summed E-state index contributed by atoms with van der Waals surface area (Å²) in [4.78, 5) is 35.8. The van der Waals surface area contributed by atoms with Gasteiger partial charge >= 0.3 is 0 Å². The number of ketones is 1. The van der Waals surface area contributed by atoms with Crippen LogP contribution in [0.3, 0.4) is 0 Å². The van der Waals surface area contributed by atoms with Gasteiger partial charge in [0.2, 0.25) is 0 Å². The van der Waals surface area contributed by atoms with E-state index in [-0.39, 0.29) is 17.6 Å². The van der Waals surface area contributed by atoms with Crippen molar-refractivity contribution in [2.24, 2.45) is 5.92 Å². The lowest BCUT2D eigenvalue weighted by molar-refractivity contribution is 0.0631. The number of hydrogen-bond donors (Lipinski definition) is 0. The fourth-order valence-electron chi connectivity index (χ4n) is 3.59. The van der Waals surface area contributed by atoms with E-state index in [1.165, 1.54) is 6.20 Å². The van der Waals surface area contributed by atoms with Crippen LogP contribution in [0.15, 0.2) is 67.0 Å². The number of piperidine rings is 1. The van der Waals surface area contributed by atoms with E-state index in [1.54, 1.807) is 35.4 Å². The van der Waals surface area contributed by atoms with E-state index in [0.717, 1.165) is 24.3 Å². The fraction of sp³-hybridized carbons (Fsp3) is 0.250. The van der Waals surface area contributed by atoms with Gasteiger partial charge in [0.05, 0.1) is 11.9 Å². The number of Topliss-reactive ketones (excluding diaryl/α,β-unsaturated/α-hetero) is 1. The van der Waals surface area contributed by atoms with Crippen molar-refractivity contribution in [1.82, 2.24) is 14.9 Å². The predicted octanol–water partition coefficient (Wildman–Crippen LogP) is 4.31. The van der Waals surface area contributed by atoms with Gasteiger partial charge in [-0.2, -0.15) is 0 Å². The lowest BCUT2D eigenvalue weighted by atomic mass is 9.90. The molecule has 0 radical (unpaired) electrons. The number of carbonyl (C=O) groups excluding carboxylic acids is 2. The first kappa shape index (κ1) is 19.8. The maximum absolute atomic E-state index is 13.0. The van der Waals surface area contributed by atoms with E-state index in [0.29, 0.717) is 30.1 Å². The Hall–Kier alpha value is -3.54. The van der Waals surface area contributed by atoms with E-state index in [2.05, 4.69) is 9.97 Å². The lowest BCUT2D eigenvalue weighted by Crippen LogP contribution is -2.42. The number of benzene rings is 2. The van der Waals surface area contributed by atoms with Gasteiger partial charge < -0.3 is 9.64 Å². The number of aryl methyl sites for hydroxylation is 1. The number of likely N-dealkylation sites (tertiary alicyclic amines) is 1. The molecule has 1 atom stereocenters. The molecular formula is C24H23N3O3. The maximum atomic E-state index is 13.0. The molecule has 6 nitrogen and oxygen atoms in total. The topological polar surface area (TPSA) is 72.4 Å². The van der Waals surface area contributed by atoms with Crippen molar-refractivity contribution in [3.63, 3.8) is 0 Å². The average molecular weight is 401 g/mol. The Bertz CT molecular complexity index is 1020. The van der Waals surface area contributed by atoms with Gasteiger partial charge in [-0.05, 0) is 56.2 Å². The molecule has 0 N–H and O–H groups in total. The third-order valence-corrected chi connectivity index (χ3v) is 5.20. The van der Waals surface area contributed by atoms with Gasteiger partial charge in [0.1, 0.15) is 17.2 Å². The Morgan fingerprint density at radius 1 is 0.967 bits per heavy atom. The van der Waals surface area contributed by atoms with E-state index in [1.807, 2.05) is 37.3 Å². The molecule has 1 aliphatic heterocycles. The molecule has 1 unspecified atom stereocenters. The minimum Gasteiger partial charge on any atom is -0.457 e. The molecule has 30 heavy (non-hydrogen) atoms. The quantitative estimate of drug-likeness (QED) is 0.596. The normalized spacial score (nSPS) is 16.2. The lowest BCUT2D eigenvalue weighted by Gasteiger charge is -2.31. The first-order valence-electron chi connectivity index (χ1n) is 10.1. The van der Waals surface area contributed by atoms with Crippen molar-refractivity contribution >= 4 is 11.7 Å². The summed E-state index contributed by atoms with van der Waals surface area (Å²) in [6.45, 7) is 2.85. The summed E-state index contributed by atoms with van der Waals surface area (Å²) in [5.74, 6) is 1.08. The molecule has 2 heterocycles. The molecule has 152 valence electrons. The molecular weight excluding hydrogens is 378 g/mol. The molecule has 0 bridgehead atoms. The highest BCUT2D eigenvalue weighted by atomic mass is 16.5. The zero-order valence-corrected chi connectivity index (χ0v) is 16.8. The van der Waals surface area contributed by atoms with Crippen LogP contribution >= 0.6 is 0 Å². The van der Waals surface area contributed by atoms with Gasteiger partial charge in [-0.25, -0.2) is 4.98 Å². The molecule has 1 aliphatic rings. The van der Waals surface area contributed by atoms with Crippen molar-refractivity contribution < 1.29 is 14.3 Å². The number of amides is 1. The van der Waals surface area contributed by atoms with Gasteiger partial charge in [0.25, 0.3) is 5.91 Å². The Kier molecular flexibility index (Phi) is 5.84. The van der Waals surface area contributed by atoms with Gasteiger partial charge in [-0.3, -0.25) is 14.6 Å². The Labute approximate surface area is 175 Å². The third-order valence-electron chi connectivity index (χ3n) is 5.20. The fourth-order valence-corrected chi connectivity index (χ4v) is 3.59. The SMILES string of the molecule is Cc1cnc(C(=O)N2CCCC(C(=O)c3ccc(Oc4ccccc4)cc3)C2)cn1. The Morgan fingerprint density at radius 3 is 2.40 bits per heavy atom. The summed E-state index contributed by atoms with van der Waals surface area (Å²) in [6, 6.07) is 16.7. The van der Waals surface area contributed by atoms with Crippen LogP contribution in [-0.4, -0.2) is 39.6 Å². The first-order chi connectivity index (χ1) is 14.6. The van der Waals surface area contributed by atoms with Crippen LogP contribution < -0.4 is 4.74 Å². The molecule has 0 spiro atoms. The first-order valence-corrected chi connectivity index (χ1v) is 10.1. The maximum Gasteiger partial charge on any atom is 0.274 e. The molecule has 6 heteroatoms. The second kappa shape index (κ2) is 8.86. The number of nitrogens with zero attached hydrogens (tertiary/aromatic N) is 3. The summed E-state index contributed by atoms with van der Waals surface area (Å²) >= 11 is 0. The van der Waals surface area contributed by atoms with Crippen molar-refractivity contribution in [2.45, 2.75) is 19.8 Å². The number of hydrogen-bond acceptors (Lipinski definition) is 5. The highest BCUT2D eigenvalue weighted by Gasteiger charge is 2.30. The number of para-hydroxylation sites is 1. The van der Waals surface area contributed by atoms with Gasteiger partial charge in [0, 0.05) is 30.8 Å². The summed E-state index contributed by atoms with van der Waals surface area (Å²) < 4.78 is 5.79. The smallest absolute Gasteiger partial charge is 0.274 e. The van der Waals surface area contributed by atoms with Crippen LogP contribution in [-0.2, 0) is 0 Å². The van der Waals surface area contributed by atoms with E-state index in [9.17, 15) is 9.59 Å². The van der Waals surface area contributed by atoms with Crippen LogP contribution in [0, 0.1) is 12.8 Å². The summed E-state index contributed by atoms with van der Waals surface area (Å²) in [5.41, 5.74) is 1.71. The molecule has 2 aromatic carbocycles. The van der Waals surface area contributed by atoms with Crippen molar-refractivity contribution in [1.29, 1.82) is 0 Å². The van der Waals surface area contributed by atoms with Crippen LogP contribution in [0.25, 0.3) is 0 Å². The number of aromatic nitrogens is 2. The minimum atomic E-state index is -0.220. The molecule has 1 aromatic heterocycles. The van der Waals surface area contributed by atoms with Crippen molar-refractivity contribution in [2.75, 3.05) is 13.1 Å². The van der Waals surface area contributed by atoms with Gasteiger partial charge in [0.15, 0.2) is 5.78 Å². The molecule has 4 rings (SSSR count). The zero-order valence-electron chi connectivity index (χ0n) is 16.8. The molecule has 1 fully saturated rings. The summed E-state index contributed by atoms with van der Waals surface area (Å²) in [7, 11) is 0. The molecule has 3 aromatic rings. The molecule has 1 saturated heterocycles. The Morgan fingerprint density at radius 2 is 1.70 bits per heavy atom. The van der Waals surface area contributed by atoms with Crippen LogP contribution in [0.1, 0.15) is 39.4 Å². The Balaban J connectivity index is 1.41. The van der Waals surface area contributed by atoms with Gasteiger partial charge in [-0.1, -0.05) is 18.2 Å². The largest absolute Gasteiger partial charge is 0.457 e.